The quantitative estimate of drug-likeness (QED) is 0.656. The number of unbranched alkanes of at least 4 members (excludes halogenated alkanes) is 2. The minimum atomic E-state index is -0.0874. The van der Waals surface area contributed by atoms with E-state index in [0.717, 1.165) is 35.5 Å². The number of amides is 1. The van der Waals surface area contributed by atoms with Crippen LogP contribution in [0.25, 0.3) is 10.9 Å². The van der Waals surface area contributed by atoms with E-state index < -0.39 is 0 Å². The Balaban J connectivity index is 2.01. The molecular formula is C14H18BrN3O. The predicted octanol–water partition coefficient (Wildman–Crippen LogP) is 2.87. The predicted molar refractivity (Wildman–Crippen MR) is 80.7 cm³/mol. The molecule has 1 heterocycles. The summed E-state index contributed by atoms with van der Waals surface area (Å²) >= 11 is 3.40. The number of nitrogens with one attached hydrogen (secondary N) is 1. The Labute approximate surface area is 121 Å². The van der Waals surface area contributed by atoms with E-state index in [0.29, 0.717) is 12.2 Å². The van der Waals surface area contributed by atoms with Crippen LogP contribution in [0.5, 0.6) is 0 Å². The fraction of sp³-hybridized carbons (Fsp3) is 0.429. The Bertz CT molecular complexity index is 565. The van der Waals surface area contributed by atoms with Crippen molar-refractivity contribution in [3.63, 3.8) is 0 Å². The Morgan fingerprint density at radius 2 is 2.11 bits per heavy atom. The molecule has 4 nitrogen and oxygen atoms in total. The van der Waals surface area contributed by atoms with Gasteiger partial charge in [-0.25, -0.2) is 0 Å². The fourth-order valence-electron chi connectivity index (χ4n) is 2.06. The van der Waals surface area contributed by atoms with Gasteiger partial charge in [0, 0.05) is 24.3 Å². The fourth-order valence-corrected chi connectivity index (χ4v) is 2.46. The van der Waals surface area contributed by atoms with Crippen LogP contribution in [0.15, 0.2) is 24.3 Å². The molecule has 0 saturated heterocycles. The van der Waals surface area contributed by atoms with Crippen molar-refractivity contribution < 1.29 is 4.79 Å². The first-order chi connectivity index (χ1) is 9.24. The molecule has 0 saturated carbocycles. The molecule has 0 fully saturated rings. The average Bonchev–Trinajstić information content (AvgIpc) is 2.76. The highest BCUT2D eigenvalue weighted by atomic mass is 79.9. The summed E-state index contributed by atoms with van der Waals surface area (Å²) in [5, 5.41) is 9.16. The van der Waals surface area contributed by atoms with E-state index in [1.165, 1.54) is 0 Å². The van der Waals surface area contributed by atoms with Crippen LogP contribution in [0.3, 0.4) is 0 Å². The molecule has 2 aromatic rings. The number of nitrogens with zero attached hydrogens (tertiary/aromatic N) is 2. The zero-order chi connectivity index (χ0) is 13.7. The Hall–Kier alpha value is -1.36. The second-order valence-electron chi connectivity index (χ2n) is 4.49. The van der Waals surface area contributed by atoms with Crippen LogP contribution in [0, 0.1) is 0 Å². The molecule has 1 amide bonds. The van der Waals surface area contributed by atoms with E-state index in [-0.39, 0.29) is 5.91 Å². The topological polar surface area (TPSA) is 46.9 Å². The van der Waals surface area contributed by atoms with E-state index in [4.69, 9.17) is 0 Å². The summed E-state index contributed by atoms with van der Waals surface area (Å²) in [5.74, 6) is -0.0874. The minimum absolute atomic E-state index is 0.0874. The highest BCUT2D eigenvalue weighted by molar-refractivity contribution is 9.09. The van der Waals surface area contributed by atoms with Crippen molar-refractivity contribution in [3.8, 4) is 0 Å². The number of carbonyl (C=O) groups is 1. The molecule has 0 spiro atoms. The summed E-state index contributed by atoms with van der Waals surface area (Å²) < 4.78 is 1.75. The number of halogens is 1. The second-order valence-corrected chi connectivity index (χ2v) is 5.29. The first kappa shape index (κ1) is 14.1. The maximum Gasteiger partial charge on any atom is 0.272 e. The van der Waals surface area contributed by atoms with Crippen LogP contribution < -0.4 is 5.32 Å². The lowest BCUT2D eigenvalue weighted by molar-refractivity contribution is 0.0949. The smallest absolute Gasteiger partial charge is 0.272 e. The lowest BCUT2D eigenvalue weighted by Gasteiger charge is -2.02. The molecule has 5 heteroatoms. The van der Waals surface area contributed by atoms with E-state index in [1.54, 1.807) is 4.68 Å². The van der Waals surface area contributed by atoms with Gasteiger partial charge in [0.05, 0.1) is 5.52 Å². The molecule has 1 aromatic heterocycles. The van der Waals surface area contributed by atoms with Crippen LogP contribution in [-0.4, -0.2) is 27.6 Å². The van der Waals surface area contributed by atoms with Gasteiger partial charge in [-0.1, -0.05) is 40.5 Å². The molecule has 0 aliphatic heterocycles. The molecule has 1 N–H and O–H groups in total. The molecule has 0 aliphatic rings. The Kier molecular flexibility index (Phi) is 4.96. The maximum atomic E-state index is 12.1. The summed E-state index contributed by atoms with van der Waals surface area (Å²) in [4.78, 5) is 12.1. The molecule has 0 atom stereocenters. The number of rotatable bonds is 6. The summed E-state index contributed by atoms with van der Waals surface area (Å²) in [7, 11) is 1.86. The van der Waals surface area contributed by atoms with Crippen LogP contribution >= 0.6 is 15.9 Å². The third kappa shape index (κ3) is 3.35. The van der Waals surface area contributed by atoms with Gasteiger partial charge in [0.25, 0.3) is 5.91 Å². The van der Waals surface area contributed by atoms with Gasteiger partial charge in [0.1, 0.15) is 0 Å². The number of para-hydroxylation sites is 1. The number of carbonyl (C=O) groups excluding carboxylic acids is 1. The number of alkyl halides is 1. The highest BCUT2D eigenvalue weighted by Crippen LogP contribution is 2.17. The summed E-state index contributed by atoms with van der Waals surface area (Å²) in [6.07, 6.45) is 3.26. The monoisotopic (exact) mass is 323 g/mol. The Morgan fingerprint density at radius 3 is 2.89 bits per heavy atom. The van der Waals surface area contributed by atoms with Crippen molar-refractivity contribution >= 4 is 32.7 Å². The number of aromatic nitrogens is 2. The van der Waals surface area contributed by atoms with Crippen molar-refractivity contribution in [1.82, 2.24) is 15.1 Å². The first-order valence-corrected chi connectivity index (χ1v) is 7.62. The van der Waals surface area contributed by atoms with Crippen LogP contribution in [0.1, 0.15) is 29.8 Å². The van der Waals surface area contributed by atoms with Gasteiger partial charge in [-0.2, -0.15) is 5.10 Å². The number of benzene rings is 1. The zero-order valence-corrected chi connectivity index (χ0v) is 12.6. The van der Waals surface area contributed by atoms with Gasteiger partial charge in [-0.15, -0.1) is 0 Å². The van der Waals surface area contributed by atoms with Crippen molar-refractivity contribution in [3.05, 3.63) is 30.0 Å². The van der Waals surface area contributed by atoms with Crippen molar-refractivity contribution in [2.75, 3.05) is 11.9 Å². The Morgan fingerprint density at radius 1 is 1.32 bits per heavy atom. The number of fused-ring (bicyclic) bond motifs is 1. The van der Waals surface area contributed by atoms with Gasteiger partial charge in [-0.05, 0) is 18.9 Å². The van der Waals surface area contributed by atoms with E-state index in [9.17, 15) is 4.79 Å². The van der Waals surface area contributed by atoms with Crippen LogP contribution in [0.2, 0.25) is 0 Å². The lowest BCUT2D eigenvalue weighted by Crippen LogP contribution is -2.25. The molecule has 0 radical (unpaired) electrons. The third-order valence-corrected chi connectivity index (χ3v) is 3.63. The zero-order valence-electron chi connectivity index (χ0n) is 11.0. The largest absolute Gasteiger partial charge is 0.351 e. The first-order valence-electron chi connectivity index (χ1n) is 6.50. The molecule has 0 aliphatic carbocycles. The standard InChI is InChI=1S/C14H18BrN3O/c1-18-12-8-4-3-7-11(12)13(17-18)14(19)16-10-6-2-5-9-15/h3-4,7-8H,2,5-6,9-10H2,1H3,(H,16,19). The summed E-state index contributed by atoms with van der Waals surface area (Å²) in [6.45, 7) is 0.705. The highest BCUT2D eigenvalue weighted by Gasteiger charge is 2.14. The molecule has 102 valence electrons. The van der Waals surface area contributed by atoms with Crippen molar-refractivity contribution in [2.24, 2.45) is 7.05 Å². The number of hydrogen-bond acceptors (Lipinski definition) is 2. The number of aryl methyl sites for hydroxylation is 1. The molecular weight excluding hydrogens is 306 g/mol. The molecule has 0 unspecified atom stereocenters. The maximum absolute atomic E-state index is 12.1. The normalized spacial score (nSPS) is 10.8. The third-order valence-electron chi connectivity index (χ3n) is 3.07. The minimum Gasteiger partial charge on any atom is -0.351 e. The van der Waals surface area contributed by atoms with Gasteiger partial charge in [0.2, 0.25) is 0 Å². The second kappa shape index (κ2) is 6.70. The van der Waals surface area contributed by atoms with Gasteiger partial charge in [0.15, 0.2) is 5.69 Å². The molecule has 1 aromatic carbocycles. The molecule has 19 heavy (non-hydrogen) atoms. The lowest BCUT2D eigenvalue weighted by atomic mass is 10.2. The van der Waals surface area contributed by atoms with Crippen molar-refractivity contribution in [1.29, 1.82) is 0 Å². The summed E-state index contributed by atoms with van der Waals surface area (Å²) in [6, 6.07) is 7.78. The van der Waals surface area contributed by atoms with Crippen molar-refractivity contribution in [2.45, 2.75) is 19.3 Å². The number of hydrogen-bond donors (Lipinski definition) is 1. The van der Waals surface area contributed by atoms with E-state index in [2.05, 4.69) is 26.3 Å². The van der Waals surface area contributed by atoms with E-state index in [1.807, 2.05) is 31.3 Å². The molecule has 0 bridgehead atoms. The molecule has 2 rings (SSSR count). The van der Waals surface area contributed by atoms with Crippen LogP contribution in [-0.2, 0) is 7.05 Å². The average molecular weight is 324 g/mol. The van der Waals surface area contributed by atoms with Crippen LogP contribution in [0.4, 0.5) is 0 Å². The SMILES string of the molecule is Cn1nc(C(=O)NCCCCCBr)c2ccccc21. The van der Waals surface area contributed by atoms with Gasteiger partial charge < -0.3 is 5.32 Å². The van der Waals surface area contributed by atoms with E-state index >= 15 is 0 Å². The summed E-state index contributed by atoms with van der Waals surface area (Å²) in [5.41, 5.74) is 1.49. The van der Waals surface area contributed by atoms with Gasteiger partial charge >= 0.3 is 0 Å². The van der Waals surface area contributed by atoms with Gasteiger partial charge in [-0.3, -0.25) is 9.48 Å².